The maximum absolute atomic E-state index is 12.3. The summed E-state index contributed by atoms with van der Waals surface area (Å²) in [5.41, 5.74) is 2.60. The Labute approximate surface area is 146 Å². The maximum Gasteiger partial charge on any atom is 0.323 e. The maximum atomic E-state index is 12.3. The number of benzene rings is 2. The van der Waals surface area contributed by atoms with Crippen LogP contribution in [-0.2, 0) is 9.53 Å². The summed E-state index contributed by atoms with van der Waals surface area (Å²) in [5.74, 6) is -1.09. The van der Waals surface area contributed by atoms with Gasteiger partial charge in [-0.2, -0.15) is 0 Å². The van der Waals surface area contributed by atoms with E-state index in [0.717, 1.165) is 16.7 Å². The number of esters is 1. The molecule has 0 saturated carbocycles. The molecule has 0 radical (unpaired) electrons. The number of rotatable bonds is 4. The van der Waals surface area contributed by atoms with Gasteiger partial charge in [0.05, 0.1) is 13.0 Å². The third-order valence-electron chi connectivity index (χ3n) is 4.75. The summed E-state index contributed by atoms with van der Waals surface area (Å²) in [4.78, 5) is 23.9. The predicted molar refractivity (Wildman–Crippen MR) is 92.8 cm³/mol. The van der Waals surface area contributed by atoms with E-state index in [0.29, 0.717) is 0 Å². The minimum absolute atomic E-state index is 0.294. The van der Waals surface area contributed by atoms with Crippen LogP contribution in [0.15, 0.2) is 54.6 Å². The molecule has 4 atom stereocenters. The summed E-state index contributed by atoms with van der Waals surface area (Å²) < 4.78 is 4.90. The molecule has 2 aromatic rings. The zero-order chi connectivity index (χ0) is 18.0. The first-order chi connectivity index (χ1) is 12.0. The second-order valence-electron chi connectivity index (χ2n) is 6.27. The average Bonchev–Trinajstić information content (AvgIpc) is 3.03. The third-order valence-corrected chi connectivity index (χ3v) is 4.75. The summed E-state index contributed by atoms with van der Waals surface area (Å²) in [6.07, 6.45) is 0. The summed E-state index contributed by atoms with van der Waals surface area (Å²) in [6.45, 7) is 1.95. The van der Waals surface area contributed by atoms with Gasteiger partial charge in [0.2, 0.25) is 6.04 Å². The molecule has 1 aliphatic rings. The van der Waals surface area contributed by atoms with E-state index in [-0.39, 0.29) is 4.92 Å². The van der Waals surface area contributed by atoms with Crippen LogP contribution in [0.25, 0.3) is 0 Å². The van der Waals surface area contributed by atoms with Crippen LogP contribution in [0, 0.1) is 17.0 Å². The molecule has 1 heterocycles. The number of nitrogens with one attached hydrogen (secondary N) is 1. The Balaban J connectivity index is 2.08. The summed E-state index contributed by atoms with van der Waals surface area (Å²) >= 11 is 0. The van der Waals surface area contributed by atoms with Gasteiger partial charge in [0, 0.05) is 4.92 Å². The van der Waals surface area contributed by atoms with Crippen LogP contribution in [0.4, 0.5) is 0 Å². The second kappa shape index (κ2) is 7.03. The highest BCUT2D eigenvalue weighted by molar-refractivity contribution is 5.78. The average molecular weight is 340 g/mol. The summed E-state index contributed by atoms with van der Waals surface area (Å²) in [5, 5.41) is 15.0. The lowest BCUT2D eigenvalue weighted by Gasteiger charge is -2.19. The van der Waals surface area contributed by atoms with E-state index in [1.165, 1.54) is 7.11 Å². The van der Waals surface area contributed by atoms with Gasteiger partial charge in [0.25, 0.3) is 0 Å². The van der Waals surface area contributed by atoms with E-state index in [2.05, 4.69) is 5.32 Å². The van der Waals surface area contributed by atoms with Crippen molar-refractivity contribution in [3.05, 3.63) is 81.4 Å². The number of nitrogens with zero attached hydrogens (tertiary/aromatic N) is 1. The molecule has 0 aliphatic carbocycles. The number of hydrogen-bond acceptors (Lipinski definition) is 5. The fourth-order valence-corrected chi connectivity index (χ4v) is 3.53. The van der Waals surface area contributed by atoms with Crippen molar-refractivity contribution < 1.29 is 14.5 Å². The van der Waals surface area contributed by atoms with Crippen molar-refractivity contribution in [2.45, 2.75) is 31.0 Å². The van der Waals surface area contributed by atoms with Gasteiger partial charge in [-0.25, -0.2) is 0 Å². The SMILES string of the molecule is COC(=O)[C@@H]1N[C@H](c2ccccc2)[C@H]([N+](=O)[O-])[C@H]1c1ccc(C)cc1. The van der Waals surface area contributed by atoms with E-state index >= 15 is 0 Å². The first-order valence-electron chi connectivity index (χ1n) is 8.12. The van der Waals surface area contributed by atoms with Crippen LogP contribution < -0.4 is 5.32 Å². The van der Waals surface area contributed by atoms with Crippen LogP contribution in [-0.4, -0.2) is 30.1 Å². The van der Waals surface area contributed by atoms with E-state index in [4.69, 9.17) is 4.74 Å². The molecule has 6 heteroatoms. The number of carbonyl (C=O) groups excluding carboxylic acids is 1. The molecule has 0 unspecified atom stereocenters. The molecule has 0 spiro atoms. The number of methoxy groups -OCH3 is 1. The molecule has 0 aromatic heterocycles. The first kappa shape index (κ1) is 17.1. The number of ether oxygens (including phenoxy) is 1. The minimum atomic E-state index is -0.964. The molecular weight excluding hydrogens is 320 g/mol. The van der Waals surface area contributed by atoms with Crippen molar-refractivity contribution >= 4 is 5.97 Å². The van der Waals surface area contributed by atoms with Crippen molar-refractivity contribution in [1.82, 2.24) is 5.32 Å². The first-order valence-corrected chi connectivity index (χ1v) is 8.12. The molecular formula is C19H20N2O4. The number of carbonyl (C=O) groups is 1. The Kier molecular flexibility index (Phi) is 4.81. The van der Waals surface area contributed by atoms with E-state index in [9.17, 15) is 14.9 Å². The molecule has 3 rings (SSSR count). The van der Waals surface area contributed by atoms with Crippen LogP contribution in [0.5, 0.6) is 0 Å². The molecule has 130 valence electrons. The zero-order valence-corrected chi connectivity index (χ0v) is 14.1. The van der Waals surface area contributed by atoms with Crippen molar-refractivity contribution in [3.8, 4) is 0 Å². The number of hydrogen-bond donors (Lipinski definition) is 1. The fourth-order valence-electron chi connectivity index (χ4n) is 3.53. The lowest BCUT2D eigenvalue weighted by atomic mass is 9.85. The van der Waals surface area contributed by atoms with Crippen molar-refractivity contribution in [3.63, 3.8) is 0 Å². The van der Waals surface area contributed by atoms with E-state index < -0.39 is 30.0 Å². The monoisotopic (exact) mass is 340 g/mol. The molecule has 1 fully saturated rings. The van der Waals surface area contributed by atoms with Gasteiger partial charge in [0.15, 0.2) is 0 Å². The Bertz CT molecular complexity index is 761. The van der Waals surface area contributed by atoms with Gasteiger partial charge in [-0.15, -0.1) is 0 Å². The van der Waals surface area contributed by atoms with Crippen molar-refractivity contribution in [2.75, 3.05) is 7.11 Å². The molecule has 25 heavy (non-hydrogen) atoms. The van der Waals surface area contributed by atoms with Crippen molar-refractivity contribution in [1.29, 1.82) is 0 Å². The van der Waals surface area contributed by atoms with E-state index in [1.807, 2.05) is 61.5 Å². The highest BCUT2D eigenvalue weighted by atomic mass is 16.6. The summed E-state index contributed by atoms with van der Waals surface area (Å²) in [6, 6.07) is 14.4. The van der Waals surface area contributed by atoms with Crippen LogP contribution >= 0.6 is 0 Å². The molecule has 6 nitrogen and oxygen atoms in total. The van der Waals surface area contributed by atoms with Gasteiger partial charge in [-0.05, 0) is 18.1 Å². The molecule has 0 bridgehead atoms. The third kappa shape index (κ3) is 3.25. The Hall–Kier alpha value is -2.73. The van der Waals surface area contributed by atoms with Crippen LogP contribution in [0.2, 0.25) is 0 Å². The lowest BCUT2D eigenvalue weighted by Crippen LogP contribution is -2.37. The highest BCUT2D eigenvalue weighted by Crippen LogP contribution is 2.40. The van der Waals surface area contributed by atoms with Gasteiger partial charge < -0.3 is 4.74 Å². The number of nitro groups is 1. The Morgan fingerprint density at radius 3 is 2.28 bits per heavy atom. The molecule has 1 N–H and O–H groups in total. The molecule has 1 saturated heterocycles. The second-order valence-corrected chi connectivity index (χ2v) is 6.27. The Morgan fingerprint density at radius 2 is 1.72 bits per heavy atom. The largest absolute Gasteiger partial charge is 0.468 e. The minimum Gasteiger partial charge on any atom is -0.468 e. The molecule has 1 aliphatic heterocycles. The Morgan fingerprint density at radius 1 is 1.08 bits per heavy atom. The fraction of sp³-hybridized carbons (Fsp3) is 0.316. The predicted octanol–water partition coefficient (Wildman–Crippen LogP) is 2.61. The zero-order valence-electron chi connectivity index (χ0n) is 14.1. The highest BCUT2D eigenvalue weighted by Gasteiger charge is 2.54. The smallest absolute Gasteiger partial charge is 0.323 e. The van der Waals surface area contributed by atoms with Crippen LogP contribution in [0.3, 0.4) is 0 Å². The molecule has 0 amide bonds. The summed E-state index contributed by atoms with van der Waals surface area (Å²) in [7, 11) is 1.30. The normalized spacial score (nSPS) is 25.5. The van der Waals surface area contributed by atoms with Crippen LogP contribution in [0.1, 0.15) is 28.7 Å². The quantitative estimate of drug-likeness (QED) is 0.526. The van der Waals surface area contributed by atoms with E-state index in [1.54, 1.807) is 0 Å². The standard InChI is InChI=1S/C19H20N2O4/c1-12-8-10-13(11-9-12)15-17(19(22)25-2)20-16(18(15)21(23)24)14-6-4-3-5-7-14/h3-11,15-18,20H,1-2H3/t15-,16+,17+,18+/m0/s1. The lowest BCUT2D eigenvalue weighted by molar-refractivity contribution is -0.527. The van der Waals surface area contributed by atoms with Gasteiger partial charge in [-0.1, -0.05) is 60.2 Å². The number of aryl methyl sites for hydroxylation is 1. The van der Waals surface area contributed by atoms with Gasteiger partial charge in [-0.3, -0.25) is 20.2 Å². The van der Waals surface area contributed by atoms with Gasteiger partial charge >= 0.3 is 5.97 Å². The van der Waals surface area contributed by atoms with Crippen molar-refractivity contribution in [2.24, 2.45) is 0 Å². The van der Waals surface area contributed by atoms with Gasteiger partial charge in [0.1, 0.15) is 12.1 Å². The molecule has 2 aromatic carbocycles. The topological polar surface area (TPSA) is 81.5 Å².